The number of alkyl halides is 3. The van der Waals surface area contributed by atoms with Crippen LogP contribution in [-0.4, -0.2) is 18.8 Å². The molecule has 0 aromatic rings. The van der Waals surface area contributed by atoms with Crippen molar-refractivity contribution in [3.8, 4) is 6.07 Å². The molecule has 1 aliphatic carbocycles. The number of rotatable bonds is 4. The third-order valence-electron chi connectivity index (χ3n) is 3.55. The molecule has 0 aromatic heterocycles. The van der Waals surface area contributed by atoms with Crippen molar-refractivity contribution in [1.82, 2.24) is 5.32 Å². The average molecular weight is 248 g/mol. The van der Waals surface area contributed by atoms with Gasteiger partial charge in [0.25, 0.3) is 0 Å². The fourth-order valence-electron chi connectivity index (χ4n) is 2.34. The second kappa shape index (κ2) is 6.25. The van der Waals surface area contributed by atoms with Crippen molar-refractivity contribution >= 4 is 0 Å². The minimum atomic E-state index is -4.42. The third-order valence-corrected chi connectivity index (χ3v) is 3.55. The largest absolute Gasteiger partial charge is 0.405 e. The molecular formula is C12H19F3N2. The molecule has 0 saturated heterocycles. The zero-order valence-electron chi connectivity index (χ0n) is 10.1. The predicted molar refractivity (Wildman–Crippen MR) is 59.2 cm³/mol. The van der Waals surface area contributed by atoms with Crippen molar-refractivity contribution in [2.45, 2.75) is 51.2 Å². The number of hydrogen-bond donors (Lipinski definition) is 1. The van der Waals surface area contributed by atoms with Crippen LogP contribution < -0.4 is 5.32 Å². The summed E-state index contributed by atoms with van der Waals surface area (Å²) in [5.41, 5.74) is 0. The summed E-state index contributed by atoms with van der Waals surface area (Å²) in [5.74, 6) is -1.44. The van der Waals surface area contributed by atoms with Crippen molar-refractivity contribution in [3.63, 3.8) is 0 Å². The van der Waals surface area contributed by atoms with Gasteiger partial charge in [-0.3, -0.25) is 0 Å². The Morgan fingerprint density at radius 2 is 1.88 bits per heavy atom. The Bertz CT molecular complexity index is 264. The fraction of sp³-hybridized carbons (Fsp3) is 0.917. The standard InChI is InChI=1S/C12H19F3N2/c1-9(10-5-3-2-4-6-10)17-8-11(7-16)12(13,14)15/h9-11,17H,2-6,8H2,1H3. The van der Waals surface area contributed by atoms with Crippen LogP contribution in [0.5, 0.6) is 0 Å². The van der Waals surface area contributed by atoms with E-state index in [0.29, 0.717) is 5.92 Å². The van der Waals surface area contributed by atoms with E-state index in [2.05, 4.69) is 5.32 Å². The lowest BCUT2D eigenvalue weighted by Gasteiger charge is -2.29. The van der Waals surface area contributed by atoms with E-state index in [0.717, 1.165) is 25.7 Å². The summed E-state index contributed by atoms with van der Waals surface area (Å²) in [6, 6.07) is 1.38. The molecule has 0 amide bonds. The first-order chi connectivity index (χ1) is 7.95. The first-order valence-electron chi connectivity index (χ1n) is 6.15. The second-order valence-electron chi connectivity index (χ2n) is 4.82. The molecule has 2 unspecified atom stereocenters. The number of nitrogens with one attached hydrogen (secondary N) is 1. The van der Waals surface area contributed by atoms with Crippen molar-refractivity contribution in [3.05, 3.63) is 0 Å². The van der Waals surface area contributed by atoms with Gasteiger partial charge < -0.3 is 5.32 Å². The van der Waals surface area contributed by atoms with Crippen LogP contribution in [0.25, 0.3) is 0 Å². The van der Waals surface area contributed by atoms with Gasteiger partial charge in [-0.15, -0.1) is 0 Å². The van der Waals surface area contributed by atoms with E-state index in [1.807, 2.05) is 6.92 Å². The summed E-state index contributed by atoms with van der Waals surface area (Å²) >= 11 is 0. The molecule has 1 fully saturated rings. The van der Waals surface area contributed by atoms with Gasteiger partial charge in [-0.25, -0.2) is 0 Å². The molecule has 5 heteroatoms. The number of nitrogens with zero attached hydrogens (tertiary/aromatic N) is 1. The first kappa shape index (κ1) is 14.3. The molecule has 0 radical (unpaired) electrons. The molecule has 1 N–H and O–H groups in total. The molecule has 0 aromatic carbocycles. The van der Waals surface area contributed by atoms with Crippen LogP contribution >= 0.6 is 0 Å². The van der Waals surface area contributed by atoms with Crippen LogP contribution in [0, 0.1) is 23.2 Å². The van der Waals surface area contributed by atoms with Crippen molar-refractivity contribution in [2.75, 3.05) is 6.54 Å². The molecule has 0 heterocycles. The lowest BCUT2D eigenvalue weighted by molar-refractivity contribution is -0.158. The minimum Gasteiger partial charge on any atom is -0.312 e. The zero-order chi connectivity index (χ0) is 12.9. The molecule has 2 atom stereocenters. The third kappa shape index (κ3) is 4.55. The molecule has 1 rings (SSSR count). The SMILES string of the molecule is CC(NCC(C#N)C(F)(F)F)C1CCCCC1. The Morgan fingerprint density at radius 1 is 1.29 bits per heavy atom. The fourth-order valence-corrected chi connectivity index (χ4v) is 2.34. The van der Waals surface area contributed by atoms with Gasteiger partial charge >= 0.3 is 6.18 Å². The maximum atomic E-state index is 12.4. The van der Waals surface area contributed by atoms with Crippen LogP contribution in [-0.2, 0) is 0 Å². The Hall–Kier alpha value is -0.760. The Labute approximate surface area is 100 Å². The van der Waals surface area contributed by atoms with Crippen LogP contribution in [0.3, 0.4) is 0 Å². The number of nitriles is 1. The molecule has 0 bridgehead atoms. The summed E-state index contributed by atoms with van der Waals surface area (Å²) in [6.45, 7) is 1.62. The Balaban J connectivity index is 2.36. The molecule has 0 aliphatic heterocycles. The summed E-state index contributed by atoms with van der Waals surface area (Å²) in [7, 11) is 0. The molecule has 98 valence electrons. The summed E-state index contributed by atoms with van der Waals surface area (Å²) < 4.78 is 37.1. The van der Waals surface area contributed by atoms with Gasteiger partial charge in [0, 0.05) is 12.6 Å². The van der Waals surface area contributed by atoms with Crippen molar-refractivity contribution in [2.24, 2.45) is 11.8 Å². The highest BCUT2D eigenvalue weighted by Crippen LogP contribution is 2.28. The van der Waals surface area contributed by atoms with E-state index >= 15 is 0 Å². The normalized spacial score (nSPS) is 21.8. The van der Waals surface area contributed by atoms with Gasteiger partial charge in [0.1, 0.15) is 0 Å². The first-order valence-corrected chi connectivity index (χ1v) is 6.15. The smallest absolute Gasteiger partial charge is 0.312 e. The summed E-state index contributed by atoms with van der Waals surface area (Å²) in [6.07, 6.45) is 1.30. The zero-order valence-corrected chi connectivity index (χ0v) is 10.1. The van der Waals surface area contributed by atoms with Gasteiger partial charge in [-0.2, -0.15) is 18.4 Å². The molecule has 1 aliphatic rings. The predicted octanol–water partition coefficient (Wildman–Crippen LogP) is 3.25. The van der Waals surface area contributed by atoms with Crippen LogP contribution in [0.15, 0.2) is 0 Å². The van der Waals surface area contributed by atoms with E-state index in [1.54, 1.807) is 0 Å². The van der Waals surface area contributed by atoms with Gasteiger partial charge in [0.2, 0.25) is 0 Å². The van der Waals surface area contributed by atoms with Gasteiger partial charge in [0.15, 0.2) is 5.92 Å². The monoisotopic (exact) mass is 248 g/mol. The van der Waals surface area contributed by atoms with Crippen molar-refractivity contribution < 1.29 is 13.2 Å². The molecule has 1 saturated carbocycles. The van der Waals surface area contributed by atoms with E-state index in [-0.39, 0.29) is 12.6 Å². The second-order valence-corrected chi connectivity index (χ2v) is 4.82. The number of halogens is 3. The van der Waals surface area contributed by atoms with Gasteiger partial charge in [0.05, 0.1) is 6.07 Å². The van der Waals surface area contributed by atoms with Crippen molar-refractivity contribution in [1.29, 1.82) is 5.26 Å². The molecular weight excluding hydrogens is 229 g/mol. The lowest BCUT2D eigenvalue weighted by Crippen LogP contribution is -2.40. The minimum absolute atomic E-state index is 0.0634. The maximum absolute atomic E-state index is 12.4. The van der Waals surface area contributed by atoms with E-state index in [9.17, 15) is 13.2 Å². The average Bonchev–Trinajstić information content (AvgIpc) is 2.29. The quantitative estimate of drug-likeness (QED) is 0.829. The lowest BCUT2D eigenvalue weighted by atomic mass is 9.84. The van der Waals surface area contributed by atoms with E-state index < -0.39 is 12.1 Å². The van der Waals surface area contributed by atoms with E-state index in [4.69, 9.17) is 5.26 Å². The van der Waals surface area contributed by atoms with Gasteiger partial charge in [-0.05, 0) is 25.7 Å². The Kier molecular flexibility index (Phi) is 5.26. The van der Waals surface area contributed by atoms with Crippen LogP contribution in [0.4, 0.5) is 13.2 Å². The summed E-state index contributed by atoms with van der Waals surface area (Å²) in [5, 5.41) is 11.3. The highest BCUT2D eigenvalue weighted by Gasteiger charge is 2.40. The highest BCUT2D eigenvalue weighted by atomic mass is 19.4. The van der Waals surface area contributed by atoms with Gasteiger partial charge in [-0.1, -0.05) is 19.3 Å². The highest BCUT2D eigenvalue weighted by molar-refractivity contribution is 4.91. The maximum Gasteiger partial charge on any atom is 0.405 e. The number of hydrogen-bond acceptors (Lipinski definition) is 2. The van der Waals surface area contributed by atoms with E-state index in [1.165, 1.54) is 12.5 Å². The summed E-state index contributed by atoms with van der Waals surface area (Å²) in [4.78, 5) is 0. The molecule has 17 heavy (non-hydrogen) atoms. The molecule has 0 spiro atoms. The molecule has 2 nitrogen and oxygen atoms in total. The van der Waals surface area contributed by atoms with Crippen LogP contribution in [0.1, 0.15) is 39.0 Å². The Morgan fingerprint density at radius 3 is 2.35 bits per heavy atom. The topological polar surface area (TPSA) is 35.8 Å². The van der Waals surface area contributed by atoms with Crippen LogP contribution in [0.2, 0.25) is 0 Å².